The van der Waals surface area contributed by atoms with Crippen molar-refractivity contribution in [3.63, 3.8) is 0 Å². The molecule has 1 aromatic rings. The fraction of sp³-hybridized carbons (Fsp3) is 0.652. The molecule has 1 saturated carbocycles. The van der Waals surface area contributed by atoms with Crippen LogP contribution in [0.2, 0.25) is 0 Å². The highest BCUT2D eigenvalue weighted by atomic mass is 32.2. The summed E-state index contributed by atoms with van der Waals surface area (Å²) in [5, 5.41) is 2.94. The maximum Gasteiger partial charge on any atom is 0.410 e. The third-order valence-electron chi connectivity index (χ3n) is 7.15. The summed E-state index contributed by atoms with van der Waals surface area (Å²) in [7, 11) is -3.40. The predicted molar refractivity (Wildman–Crippen MR) is 123 cm³/mol. The van der Waals surface area contributed by atoms with Crippen LogP contribution < -0.4 is 16.2 Å². The second kappa shape index (κ2) is 9.23. The number of hydrazine groups is 1. The van der Waals surface area contributed by atoms with Gasteiger partial charge >= 0.3 is 6.09 Å². The Morgan fingerprint density at radius 2 is 1.94 bits per heavy atom. The molecule has 1 aliphatic carbocycles. The summed E-state index contributed by atoms with van der Waals surface area (Å²) in [6.45, 7) is 4.86. The molecule has 3 N–H and O–H groups in total. The van der Waals surface area contributed by atoms with Gasteiger partial charge < -0.3 is 15.0 Å². The van der Waals surface area contributed by atoms with Crippen molar-refractivity contribution in [1.82, 2.24) is 21.1 Å². The number of nitrogens with one attached hydrogen (secondary N) is 3. The molecule has 9 nitrogen and oxygen atoms in total. The SMILES string of the molecule is CC1(C)CCN1C(=O)O[C@@H]1CC[C@H](C2CC(NC(=O)Cc3ccccc3S(C)(=O)=O)NN2)C1. The van der Waals surface area contributed by atoms with Gasteiger partial charge in [-0.2, -0.15) is 0 Å². The third-order valence-corrected chi connectivity index (χ3v) is 8.35. The van der Waals surface area contributed by atoms with E-state index in [0.29, 0.717) is 17.9 Å². The number of carbonyl (C=O) groups is 2. The molecule has 10 heteroatoms. The number of carbonyl (C=O) groups excluding carboxylic acids is 2. The average molecular weight is 479 g/mol. The molecule has 2 heterocycles. The molecule has 2 saturated heterocycles. The molecule has 2 amide bonds. The number of benzene rings is 1. The Kier molecular flexibility index (Phi) is 6.70. The van der Waals surface area contributed by atoms with E-state index in [1.165, 1.54) is 6.07 Å². The molecule has 182 valence electrons. The highest BCUT2D eigenvalue weighted by Crippen LogP contribution is 2.35. The maximum absolute atomic E-state index is 12.6. The van der Waals surface area contributed by atoms with Crippen molar-refractivity contribution in [2.45, 2.75) is 81.1 Å². The molecule has 33 heavy (non-hydrogen) atoms. The molecule has 0 aromatic heterocycles. The van der Waals surface area contributed by atoms with Crippen LogP contribution in [0.3, 0.4) is 0 Å². The van der Waals surface area contributed by atoms with Gasteiger partial charge in [0.2, 0.25) is 5.91 Å². The minimum Gasteiger partial charge on any atom is -0.446 e. The number of nitrogens with zero attached hydrogens (tertiary/aromatic N) is 1. The minimum atomic E-state index is -3.40. The largest absolute Gasteiger partial charge is 0.446 e. The summed E-state index contributed by atoms with van der Waals surface area (Å²) in [6, 6.07) is 6.75. The summed E-state index contributed by atoms with van der Waals surface area (Å²) in [5.41, 5.74) is 6.79. The van der Waals surface area contributed by atoms with Crippen LogP contribution in [0.4, 0.5) is 4.79 Å². The maximum atomic E-state index is 12.6. The van der Waals surface area contributed by atoms with Crippen molar-refractivity contribution in [3.05, 3.63) is 29.8 Å². The Balaban J connectivity index is 1.24. The van der Waals surface area contributed by atoms with E-state index in [1.807, 2.05) is 0 Å². The summed E-state index contributed by atoms with van der Waals surface area (Å²) >= 11 is 0. The van der Waals surface area contributed by atoms with Crippen molar-refractivity contribution in [3.8, 4) is 0 Å². The normalized spacial score (nSPS) is 28.9. The lowest BCUT2D eigenvalue weighted by Gasteiger charge is -2.47. The van der Waals surface area contributed by atoms with Gasteiger partial charge in [-0.15, -0.1) is 0 Å². The first-order valence-corrected chi connectivity index (χ1v) is 13.5. The zero-order valence-electron chi connectivity index (χ0n) is 19.5. The van der Waals surface area contributed by atoms with Crippen molar-refractivity contribution >= 4 is 21.8 Å². The van der Waals surface area contributed by atoms with E-state index < -0.39 is 9.84 Å². The summed E-state index contributed by atoms with van der Waals surface area (Å²) < 4.78 is 29.7. The Morgan fingerprint density at radius 3 is 2.61 bits per heavy atom. The molecule has 3 fully saturated rings. The number of hydrogen-bond donors (Lipinski definition) is 3. The fourth-order valence-electron chi connectivity index (χ4n) is 5.08. The molecule has 2 unspecified atom stereocenters. The third kappa shape index (κ3) is 5.50. The molecule has 1 aromatic carbocycles. The van der Waals surface area contributed by atoms with E-state index in [0.717, 1.165) is 38.5 Å². The van der Waals surface area contributed by atoms with Gasteiger partial charge in [-0.1, -0.05) is 18.2 Å². The lowest BCUT2D eigenvalue weighted by Crippen LogP contribution is -2.58. The van der Waals surface area contributed by atoms with Crippen LogP contribution >= 0.6 is 0 Å². The van der Waals surface area contributed by atoms with Crippen molar-refractivity contribution in [2.24, 2.45) is 5.92 Å². The van der Waals surface area contributed by atoms with Gasteiger partial charge in [-0.25, -0.2) is 18.6 Å². The molecule has 3 aliphatic rings. The van der Waals surface area contributed by atoms with Crippen LogP contribution in [0.25, 0.3) is 0 Å². The van der Waals surface area contributed by atoms with Gasteiger partial charge in [-0.05, 0) is 63.5 Å². The van der Waals surface area contributed by atoms with Crippen LogP contribution in [-0.2, 0) is 25.8 Å². The lowest BCUT2D eigenvalue weighted by atomic mass is 9.90. The monoisotopic (exact) mass is 478 g/mol. The first-order valence-electron chi connectivity index (χ1n) is 11.6. The van der Waals surface area contributed by atoms with E-state index >= 15 is 0 Å². The Labute approximate surface area is 195 Å². The zero-order valence-corrected chi connectivity index (χ0v) is 20.3. The van der Waals surface area contributed by atoms with Gasteiger partial charge in [0.1, 0.15) is 6.10 Å². The van der Waals surface area contributed by atoms with Crippen LogP contribution in [0.5, 0.6) is 0 Å². The Morgan fingerprint density at radius 1 is 1.18 bits per heavy atom. The van der Waals surface area contributed by atoms with Gasteiger partial charge in [0.05, 0.1) is 17.5 Å². The number of sulfone groups is 1. The Hall–Kier alpha value is -2.17. The van der Waals surface area contributed by atoms with Gasteiger partial charge in [0, 0.05) is 24.4 Å². The molecule has 0 radical (unpaired) electrons. The molecular weight excluding hydrogens is 444 g/mol. The molecule has 2 aliphatic heterocycles. The lowest BCUT2D eigenvalue weighted by molar-refractivity contribution is -0.121. The van der Waals surface area contributed by atoms with Crippen molar-refractivity contribution in [1.29, 1.82) is 0 Å². The van der Waals surface area contributed by atoms with E-state index in [1.54, 1.807) is 23.1 Å². The van der Waals surface area contributed by atoms with Crippen LogP contribution in [0.1, 0.15) is 51.5 Å². The smallest absolute Gasteiger partial charge is 0.410 e. The van der Waals surface area contributed by atoms with Crippen LogP contribution in [0, 0.1) is 5.92 Å². The quantitative estimate of drug-likeness (QED) is 0.570. The predicted octanol–water partition coefficient (Wildman–Crippen LogP) is 1.73. The zero-order chi connectivity index (χ0) is 23.8. The van der Waals surface area contributed by atoms with Gasteiger partial charge in [0.25, 0.3) is 0 Å². The van der Waals surface area contributed by atoms with Crippen molar-refractivity contribution < 1.29 is 22.7 Å². The number of ether oxygens (including phenoxy) is 1. The van der Waals surface area contributed by atoms with Gasteiger partial charge in [-0.3, -0.25) is 10.2 Å². The summed E-state index contributed by atoms with van der Waals surface area (Å²) in [5.74, 6) is 0.119. The molecule has 4 atom stereocenters. The summed E-state index contributed by atoms with van der Waals surface area (Å²) in [6.07, 6.45) is 4.96. The standard InChI is InChI=1S/C23H34N4O5S/c1-23(2)10-11-27(23)22(29)32-17-9-8-15(12-17)18-14-20(26-25-18)24-21(28)13-16-6-4-5-7-19(16)33(3,30)31/h4-7,15,17-18,20,25-26H,8-14H2,1-3H3,(H,24,28)/t15-,17+,18?,20?/m0/s1. The number of likely N-dealkylation sites (tertiary alicyclic amines) is 1. The Bertz CT molecular complexity index is 1010. The average Bonchev–Trinajstić information content (AvgIpc) is 3.36. The van der Waals surface area contributed by atoms with E-state index in [4.69, 9.17) is 4.74 Å². The van der Waals surface area contributed by atoms with Crippen LogP contribution in [0.15, 0.2) is 29.2 Å². The number of amides is 2. The highest BCUT2D eigenvalue weighted by molar-refractivity contribution is 7.90. The minimum absolute atomic E-state index is 0.000389. The van der Waals surface area contributed by atoms with Crippen molar-refractivity contribution in [2.75, 3.05) is 12.8 Å². The first-order chi connectivity index (χ1) is 15.5. The number of hydrogen-bond acceptors (Lipinski definition) is 7. The molecule has 0 spiro atoms. The topological polar surface area (TPSA) is 117 Å². The van der Waals surface area contributed by atoms with Gasteiger partial charge in [0.15, 0.2) is 9.84 Å². The number of rotatable bonds is 6. The fourth-order valence-corrected chi connectivity index (χ4v) is 6.02. The van der Waals surface area contributed by atoms with E-state index in [9.17, 15) is 18.0 Å². The molecular formula is C23H34N4O5S. The molecule has 0 bridgehead atoms. The summed E-state index contributed by atoms with van der Waals surface area (Å²) in [4.78, 5) is 27.0. The second-order valence-corrected chi connectivity index (χ2v) is 12.1. The first kappa shape index (κ1) is 24.0. The van der Waals surface area contributed by atoms with Crippen LogP contribution in [-0.4, -0.2) is 62.0 Å². The van der Waals surface area contributed by atoms with E-state index in [2.05, 4.69) is 30.0 Å². The second-order valence-electron chi connectivity index (χ2n) is 10.1. The molecule has 4 rings (SSSR count). The van der Waals surface area contributed by atoms with E-state index in [-0.39, 0.29) is 47.2 Å². The highest BCUT2D eigenvalue weighted by Gasteiger charge is 2.43.